The largest absolute Gasteiger partial charge is 0.465 e. The molecular weight excluding hydrogens is 760 g/mol. The molecule has 1 aliphatic carbocycles. The number of hydrogen-bond donors (Lipinski definition) is 2. The number of methoxy groups -OCH3 is 1. The molecule has 1 saturated heterocycles. The number of amides is 2. The Morgan fingerprint density at radius 1 is 0.810 bits per heavy atom. The summed E-state index contributed by atoms with van der Waals surface area (Å²) in [7, 11) is 1.08. The molecule has 1 heterocycles. The van der Waals surface area contributed by atoms with Crippen LogP contribution in [0.3, 0.4) is 0 Å². The Labute approximate surface area is 336 Å². The molecular formula is C41H52N2O15. The Balaban J connectivity index is 1.44. The lowest BCUT2D eigenvalue weighted by Gasteiger charge is -2.48. The van der Waals surface area contributed by atoms with E-state index in [2.05, 4.69) is 22.8 Å². The summed E-state index contributed by atoms with van der Waals surface area (Å²) < 4.78 is 44.8. The number of unbranched alkanes of at least 4 members (excludes halogenated alkanes) is 2. The fraction of sp³-hybridized carbons (Fsp3) is 0.537. The zero-order valence-electron chi connectivity index (χ0n) is 33.6. The van der Waals surface area contributed by atoms with Gasteiger partial charge in [-0.25, -0.2) is 9.59 Å². The first kappa shape index (κ1) is 45.2. The Hall–Kier alpha value is -5.55. The van der Waals surface area contributed by atoms with Gasteiger partial charge >= 0.3 is 35.9 Å². The molecule has 2 amide bonds. The van der Waals surface area contributed by atoms with Crippen LogP contribution in [0, 0.1) is 0 Å². The monoisotopic (exact) mass is 812 g/mol. The summed E-state index contributed by atoms with van der Waals surface area (Å²) >= 11 is 0. The number of ether oxygens (including phenoxy) is 8. The van der Waals surface area contributed by atoms with Crippen LogP contribution in [0.25, 0.3) is 11.1 Å². The lowest BCUT2D eigenvalue weighted by atomic mass is 9.87. The van der Waals surface area contributed by atoms with Crippen LogP contribution in [0.15, 0.2) is 48.5 Å². The molecule has 1 aliphatic heterocycles. The molecule has 0 unspecified atom stereocenters. The van der Waals surface area contributed by atoms with Crippen molar-refractivity contribution >= 4 is 41.8 Å². The van der Waals surface area contributed by atoms with Gasteiger partial charge in [-0.05, 0) is 41.5 Å². The summed E-state index contributed by atoms with van der Waals surface area (Å²) in [5.41, 5.74) is 4.44. The molecule has 2 aromatic rings. The summed E-state index contributed by atoms with van der Waals surface area (Å²) in [5.74, 6) is -7.23. The average molecular weight is 813 g/mol. The van der Waals surface area contributed by atoms with Crippen LogP contribution >= 0.6 is 0 Å². The molecule has 6 atom stereocenters. The minimum Gasteiger partial charge on any atom is -0.465 e. The van der Waals surface area contributed by atoms with E-state index in [9.17, 15) is 33.6 Å². The van der Waals surface area contributed by atoms with E-state index in [1.807, 2.05) is 36.4 Å². The highest BCUT2D eigenvalue weighted by atomic mass is 16.7. The van der Waals surface area contributed by atoms with Crippen molar-refractivity contribution in [2.45, 2.75) is 109 Å². The molecule has 0 spiro atoms. The number of esters is 5. The van der Waals surface area contributed by atoms with Gasteiger partial charge in [-0.15, -0.1) is 0 Å². The molecule has 17 heteroatoms. The minimum atomic E-state index is -2.30. The van der Waals surface area contributed by atoms with Crippen LogP contribution < -0.4 is 10.6 Å². The number of carbonyl (C=O) groups excluding carboxylic acids is 7. The minimum absolute atomic E-state index is 0.0239. The second-order valence-electron chi connectivity index (χ2n) is 13.8. The normalized spacial score (nSPS) is 20.6. The van der Waals surface area contributed by atoms with E-state index in [0.717, 1.165) is 57.1 Å². The molecule has 2 aliphatic rings. The first-order valence-corrected chi connectivity index (χ1v) is 19.1. The van der Waals surface area contributed by atoms with Crippen LogP contribution in [0.4, 0.5) is 4.79 Å². The molecule has 0 aromatic heterocycles. The third-order valence-corrected chi connectivity index (χ3v) is 9.54. The molecule has 316 valence electrons. The van der Waals surface area contributed by atoms with Gasteiger partial charge in [0.2, 0.25) is 5.91 Å². The maximum atomic E-state index is 13.6. The Morgan fingerprint density at radius 2 is 1.45 bits per heavy atom. The molecule has 17 nitrogen and oxygen atoms in total. The van der Waals surface area contributed by atoms with Gasteiger partial charge in [-0.1, -0.05) is 55.5 Å². The van der Waals surface area contributed by atoms with Crippen molar-refractivity contribution in [3.63, 3.8) is 0 Å². The van der Waals surface area contributed by atoms with Crippen LogP contribution in [0.1, 0.15) is 83.8 Å². The topological polar surface area (TPSA) is 217 Å². The standard InChI is InChI=1S/C41H52N2O15/c1-7-35(48)43-36-33(55-25(3)45)21-41(39(49)51-6,58-38(36)37(57-27(5)47)34(56-26(4)46)23-52-24(2)44)54-20-14-8-13-19-42-40(50)53-22-32-30-17-11-9-15-28(30)29-16-10-12-18-31(29)32/h9-12,15-18,32-34,36-38H,7-8,13-14,19-23H2,1-6H3,(H,42,50)(H,43,48)/t33-,34+,36+,37+,38+,41+/m0/s1. The van der Waals surface area contributed by atoms with Crippen LogP contribution in [-0.2, 0) is 66.7 Å². The van der Waals surface area contributed by atoms with Crippen molar-refractivity contribution < 1.29 is 71.5 Å². The van der Waals surface area contributed by atoms with Crippen molar-refractivity contribution in [2.75, 3.05) is 33.5 Å². The van der Waals surface area contributed by atoms with Crippen LogP contribution in [0.5, 0.6) is 0 Å². The van der Waals surface area contributed by atoms with Crippen molar-refractivity contribution in [1.29, 1.82) is 0 Å². The third kappa shape index (κ3) is 12.0. The molecule has 2 aromatic carbocycles. The predicted octanol–water partition coefficient (Wildman–Crippen LogP) is 3.62. The molecule has 0 radical (unpaired) electrons. The number of carbonyl (C=O) groups is 7. The van der Waals surface area contributed by atoms with Crippen molar-refractivity contribution in [2.24, 2.45) is 0 Å². The first-order chi connectivity index (χ1) is 27.7. The van der Waals surface area contributed by atoms with Gasteiger partial charge in [0.25, 0.3) is 5.79 Å². The van der Waals surface area contributed by atoms with Gasteiger partial charge in [0.15, 0.2) is 12.2 Å². The third-order valence-electron chi connectivity index (χ3n) is 9.54. The van der Waals surface area contributed by atoms with Gasteiger partial charge in [-0.2, -0.15) is 0 Å². The number of hydrogen-bond acceptors (Lipinski definition) is 15. The summed E-state index contributed by atoms with van der Waals surface area (Å²) in [4.78, 5) is 87.9. The van der Waals surface area contributed by atoms with E-state index < -0.39 is 91.1 Å². The maximum Gasteiger partial charge on any atom is 0.407 e. The fourth-order valence-corrected chi connectivity index (χ4v) is 7.08. The number of alkyl carbamates (subject to hydrolysis) is 1. The predicted molar refractivity (Wildman–Crippen MR) is 203 cm³/mol. The second-order valence-corrected chi connectivity index (χ2v) is 13.8. The van der Waals surface area contributed by atoms with Crippen molar-refractivity contribution in [1.82, 2.24) is 10.6 Å². The number of rotatable bonds is 19. The first-order valence-electron chi connectivity index (χ1n) is 19.1. The van der Waals surface area contributed by atoms with Gasteiger partial charge in [0, 0.05) is 46.6 Å². The van der Waals surface area contributed by atoms with Gasteiger partial charge < -0.3 is 48.5 Å². The lowest BCUT2D eigenvalue weighted by Crippen LogP contribution is -2.69. The van der Waals surface area contributed by atoms with Gasteiger partial charge in [0.05, 0.1) is 26.2 Å². The summed E-state index contributed by atoms with van der Waals surface area (Å²) in [6.07, 6.45) is -5.80. The Bertz CT molecular complexity index is 1750. The molecule has 1 fully saturated rings. The van der Waals surface area contributed by atoms with E-state index in [1.165, 1.54) is 0 Å². The second kappa shape index (κ2) is 21.3. The Kier molecular flexibility index (Phi) is 16.6. The highest BCUT2D eigenvalue weighted by Gasteiger charge is 2.59. The summed E-state index contributed by atoms with van der Waals surface area (Å²) in [5, 5.41) is 5.46. The number of fused-ring (bicyclic) bond motifs is 3. The lowest BCUT2D eigenvalue weighted by molar-refractivity contribution is -0.314. The van der Waals surface area contributed by atoms with E-state index in [-0.39, 0.29) is 32.1 Å². The Morgan fingerprint density at radius 3 is 2.02 bits per heavy atom. The SMILES string of the molecule is CCC(=O)N[C@H]1[C@H]([C@H](OC(C)=O)[C@@H](COC(C)=O)OC(C)=O)O[C@@](OCCCCCNC(=O)OCC2c3ccccc3-c3ccccc32)(C(=O)OC)C[C@@H]1OC(C)=O. The molecule has 0 bridgehead atoms. The van der Waals surface area contributed by atoms with Crippen LogP contribution in [-0.4, -0.2) is 112 Å². The van der Waals surface area contributed by atoms with Crippen LogP contribution in [0.2, 0.25) is 0 Å². The molecule has 58 heavy (non-hydrogen) atoms. The summed E-state index contributed by atoms with van der Waals surface area (Å²) in [6, 6.07) is 14.8. The fourth-order valence-electron chi connectivity index (χ4n) is 7.08. The highest BCUT2D eigenvalue weighted by molar-refractivity contribution is 5.80. The zero-order chi connectivity index (χ0) is 42.4. The zero-order valence-corrected chi connectivity index (χ0v) is 33.6. The van der Waals surface area contributed by atoms with E-state index in [4.69, 9.17) is 37.9 Å². The van der Waals surface area contributed by atoms with E-state index in [0.29, 0.717) is 19.3 Å². The molecule has 4 rings (SSSR count). The quantitative estimate of drug-likeness (QED) is 0.118. The number of nitrogens with one attached hydrogen (secondary N) is 2. The van der Waals surface area contributed by atoms with E-state index in [1.54, 1.807) is 6.92 Å². The van der Waals surface area contributed by atoms with Crippen molar-refractivity contribution in [3.8, 4) is 11.1 Å². The van der Waals surface area contributed by atoms with Gasteiger partial charge in [-0.3, -0.25) is 24.0 Å². The van der Waals surface area contributed by atoms with Crippen molar-refractivity contribution in [3.05, 3.63) is 59.7 Å². The maximum absolute atomic E-state index is 13.6. The highest BCUT2D eigenvalue weighted by Crippen LogP contribution is 2.44. The van der Waals surface area contributed by atoms with Gasteiger partial charge in [0.1, 0.15) is 25.4 Å². The molecule has 0 saturated carbocycles. The average Bonchev–Trinajstić information content (AvgIpc) is 3.50. The number of benzene rings is 2. The molecule has 2 N–H and O–H groups in total. The summed E-state index contributed by atoms with van der Waals surface area (Å²) in [6.45, 7) is 5.66. The smallest absolute Gasteiger partial charge is 0.407 e. The van der Waals surface area contributed by atoms with E-state index >= 15 is 0 Å².